The molecular weight excluding hydrogens is 732 g/mol. The number of benzene rings is 4. The zero-order valence-corrected chi connectivity index (χ0v) is 26.4. The summed E-state index contributed by atoms with van der Waals surface area (Å²) in [5, 5.41) is -1.65. The first-order chi connectivity index (χ1) is 23.0. The molecule has 0 aliphatic rings. The predicted molar refractivity (Wildman–Crippen MR) is 170 cm³/mol. The number of rotatable bonds is 7. The standard InChI is InChI=1S/C32H22F12N4S2/c33-29(34,35)19-11-20(30(36,37)38)14-23(13-19)47(27(45)49)25(17-7-3-1-4-8-17)26(18-9-5-2-6-10-18)48(28(46)50)24-15-21(31(39,40)41)12-22(16-24)32(42,43)44/h1-16,25-26H,(H2,45,49)(H2,46,50)/t25-,26-/m0/s1. The lowest BCUT2D eigenvalue weighted by Crippen LogP contribution is -2.49. The number of thiocarbonyl (C=S) groups is 2. The molecular formula is C32H22F12N4S2. The van der Waals surface area contributed by atoms with E-state index >= 15 is 0 Å². The van der Waals surface area contributed by atoms with E-state index < -0.39 is 80.6 Å². The minimum atomic E-state index is -5.32. The van der Waals surface area contributed by atoms with E-state index in [1.807, 2.05) is 0 Å². The summed E-state index contributed by atoms with van der Waals surface area (Å²) >= 11 is 10.4. The van der Waals surface area contributed by atoms with E-state index in [9.17, 15) is 52.7 Å². The first-order valence-electron chi connectivity index (χ1n) is 13.9. The third-order valence-electron chi connectivity index (χ3n) is 7.31. The van der Waals surface area contributed by atoms with Crippen molar-refractivity contribution in [3.8, 4) is 0 Å². The number of alkyl halides is 12. The fourth-order valence-corrected chi connectivity index (χ4v) is 5.69. The van der Waals surface area contributed by atoms with Crippen molar-refractivity contribution in [1.29, 1.82) is 0 Å². The Kier molecular flexibility index (Phi) is 10.7. The Morgan fingerprint density at radius 2 is 0.680 bits per heavy atom. The van der Waals surface area contributed by atoms with E-state index in [1.165, 1.54) is 60.7 Å². The van der Waals surface area contributed by atoms with Crippen molar-refractivity contribution in [3.63, 3.8) is 0 Å². The topological polar surface area (TPSA) is 58.5 Å². The maximum atomic E-state index is 14.0. The number of nitrogens with zero attached hydrogens (tertiary/aromatic N) is 2. The van der Waals surface area contributed by atoms with Crippen LogP contribution in [0.5, 0.6) is 0 Å². The molecule has 50 heavy (non-hydrogen) atoms. The number of nitrogens with two attached hydrogens (primary N) is 2. The minimum absolute atomic E-state index is 0.0318. The molecule has 266 valence electrons. The second-order valence-electron chi connectivity index (χ2n) is 10.7. The van der Waals surface area contributed by atoms with Gasteiger partial charge in [0, 0.05) is 11.4 Å². The Balaban J connectivity index is 2.17. The van der Waals surface area contributed by atoms with E-state index in [4.69, 9.17) is 35.9 Å². The van der Waals surface area contributed by atoms with Gasteiger partial charge in [-0.25, -0.2) is 0 Å². The number of anilines is 2. The molecule has 0 spiro atoms. The fraction of sp³-hybridized carbons (Fsp3) is 0.188. The van der Waals surface area contributed by atoms with Crippen LogP contribution in [0.25, 0.3) is 0 Å². The van der Waals surface area contributed by atoms with Crippen LogP contribution in [-0.2, 0) is 24.7 Å². The van der Waals surface area contributed by atoms with Crippen molar-refractivity contribution in [2.24, 2.45) is 11.5 Å². The maximum Gasteiger partial charge on any atom is 0.416 e. The third kappa shape index (κ3) is 8.58. The van der Waals surface area contributed by atoms with E-state index in [1.54, 1.807) is 0 Å². The van der Waals surface area contributed by atoms with Crippen LogP contribution in [0.2, 0.25) is 0 Å². The summed E-state index contributed by atoms with van der Waals surface area (Å²) in [6.07, 6.45) is -21.3. The maximum absolute atomic E-state index is 14.0. The average Bonchev–Trinajstić information content (AvgIpc) is 3.01. The van der Waals surface area contributed by atoms with E-state index in [2.05, 4.69) is 0 Å². The average molecular weight is 755 g/mol. The van der Waals surface area contributed by atoms with Crippen LogP contribution < -0.4 is 21.3 Å². The first-order valence-corrected chi connectivity index (χ1v) is 14.7. The van der Waals surface area contributed by atoms with Gasteiger partial charge in [0.05, 0.1) is 34.3 Å². The van der Waals surface area contributed by atoms with Crippen LogP contribution in [0.3, 0.4) is 0 Å². The molecule has 4 N–H and O–H groups in total. The Bertz CT molecular complexity index is 1640. The Labute approximate surface area is 286 Å². The molecule has 0 heterocycles. The highest BCUT2D eigenvalue weighted by atomic mass is 32.1. The van der Waals surface area contributed by atoms with Crippen LogP contribution in [0.4, 0.5) is 64.1 Å². The van der Waals surface area contributed by atoms with Crippen molar-refractivity contribution >= 4 is 46.0 Å². The van der Waals surface area contributed by atoms with Gasteiger partial charge < -0.3 is 21.3 Å². The number of hydrogen-bond acceptors (Lipinski definition) is 2. The molecule has 0 aliphatic carbocycles. The molecule has 4 nitrogen and oxygen atoms in total. The molecule has 4 rings (SSSR count). The SMILES string of the molecule is NC(=S)N(c1cc(C(F)(F)F)cc(C(F)(F)F)c1)[C@@H](c1ccccc1)[C@H](c1ccccc1)N(C(N)=S)c1cc(C(F)(F)F)cc(C(F)(F)F)c1. The molecule has 0 fully saturated rings. The van der Waals surface area contributed by atoms with Crippen LogP contribution in [0.15, 0.2) is 97.1 Å². The summed E-state index contributed by atoms with van der Waals surface area (Å²) in [5.74, 6) is 0. The van der Waals surface area contributed by atoms with Gasteiger partial charge in [-0.15, -0.1) is 0 Å². The third-order valence-corrected chi connectivity index (χ3v) is 7.71. The second-order valence-corrected chi connectivity index (χ2v) is 11.5. The fourth-order valence-electron chi connectivity index (χ4n) is 5.25. The van der Waals surface area contributed by atoms with Gasteiger partial charge in [0.1, 0.15) is 0 Å². The molecule has 0 amide bonds. The van der Waals surface area contributed by atoms with Gasteiger partial charge in [0.15, 0.2) is 10.2 Å². The number of hydrogen-bond donors (Lipinski definition) is 2. The van der Waals surface area contributed by atoms with Crippen molar-refractivity contribution in [2.45, 2.75) is 36.8 Å². The smallest absolute Gasteiger partial charge is 0.376 e. The molecule has 0 saturated heterocycles. The molecule has 0 radical (unpaired) electrons. The molecule has 0 saturated carbocycles. The highest BCUT2D eigenvalue weighted by Crippen LogP contribution is 2.47. The molecule has 4 aromatic carbocycles. The van der Waals surface area contributed by atoms with Gasteiger partial charge in [-0.1, -0.05) is 60.7 Å². The Morgan fingerprint density at radius 3 is 0.880 bits per heavy atom. The van der Waals surface area contributed by atoms with Gasteiger partial charge >= 0.3 is 24.7 Å². The molecule has 2 atom stereocenters. The largest absolute Gasteiger partial charge is 0.416 e. The first kappa shape index (κ1) is 38.2. The van der Waals surface area contributed by atoms with Gasteiger partial charge in [0.25, 0.3) is 0 Å². The molecule has 0 bridgehead atoms. The lowest BCUT2D eigenvalue weighted by molar-refractivity contribution is -0.144. The lowest BCUT2D eigenvalue weighted by atomic mass is 9.89. The molecule has 18 heteroatoms. The summed E-state index contributed by atoms with van der Waals surface area (Å²) < 4.78 is 168. The minimum Gasteiger partial charge on any atom is -0.376 e. The lowest BCUT2D eigenvalue weighted by Gasteiger charge is -2.44. The van der Waals surface area contributed by atoms with Crippen molar-refractivity contribution in [3.05, 3.63) is 130 Å². The summed E-state index contributed by atoms with van der Waals surface area (Å²) in [6.45, 7) is 0. The van der Waals surface area contributed by atoms with Gasteiger partial charge in [-0.2, -0.15) is 52.7 Å². The summed E-state index contributed by atoms with van der Waals surface area (Å²) in [7, 11) is 0. The molecule has 0 aromatic heterocycles. The van der Waals surface area contributed by atoms with Crippen molar-refractivity contribution < 1.29 is 52.7 Å². The summed E-state index contributed by atoms with van der Waals surface area (Å²) in [4.78, 5) is 1.35. The van der Waals surface area contributed by atoms with Gasteiger partial charge in [-0.05, 0) is 72.0 Å². The van der Waals surface area contributed by atoms with E-state index in [0.29, 0.717) is 34.1 Å². The Morgan fingerprint density at radius 1 is 0.440 bits per heavy atom. The predicted octanol–water partition coefficient (Wildman–Crippen LogP) is 10.0. The molecule has 0 unspecified atom stereocenters. The zero-order chi connectivity index (χ0) is 37.4. The second kappa shape index (κ2) is 14.0. The van der Waals surface area contributed by atoms with Gasteiger partial charge in [0.2, 0.25) is 0 Å². The van der Waals surface area contributed by atoms with Crippen LogP contribution in [-0.4, -0.2) is 10.2 Å². The Hall–Kier alpha value is -4.58. The van der Waals surface area contributed by atoms with Crippen LogP contribution in [0, 0.1) is 0 Å². The van der Waals surface area contributed by atoms with Crippen LogP contribution >= 0.6 is 24.4 Å². The molecule has 4 aromatic rings. The normalized spacial score (nSPS) is 13.8. The highest BCUT2D eigenvalue weighted by molar-refractivity contribution is 7.80. The van der Waals surface area contributed by atoms with Crippen molar-refractivity contribution in [2.75, 3.05) is 9.80 Å². The zero-order valence-electron chi connectivity index (χ0n) is 24.8. The van der Waals surface area contributed by atoms with Gasteiger partial charge in [-0.3, -0.25) is 0 Å². The van der Waals surface area contributed by atoms with E-state index in [-0.39, 0.29) is 23.3 Å². The number of halogens is 12. The molecule has 0 aliphatic heterocycles. The van der Waals surface area contributed by atoms with E-state index in [0.717, 1.165) is 0 Å². The van der Waals surface area contributed by atoms with Crippen molar-refractivity contribution in [1.82, 2.24) is 0 Å². The van der Waals surface area contributed by atoms with Crippen LogP contribution in [0.1, 0.15) is 45.5 Å². The monoisotopic (exact) mass is 754 g/mol. The summed E-state index contributed by atoms with van der Waals surface area (Å²) in [6, 6.07) is 11.6. The highest BCUT2D eigenvalue weighted by Gasteiger charge is 2.43. The quantitative estimate of drug-likeness (QED) is 0.145. The summed E-state index contributed by atoms with van der Waals surface area (Å²) in [5.41, 5.74) is 3.37.